The molecule has 1 aromatic carbocycles. The Bertz CT molecular complexity index is 1190. The predicted molar refractivity (Wildman–Crippen MR) is 109 cm³/mol. The molecule has 0 spiro atoms. The topological polar surface area (TPSA) is 122 Å². The zero-order valence-electron chi connectivity index (χ0n) is 16.8. The first-order valence-corrected chi connectivity index (χ1v) is 9.23. The van der Waals surface area contributed by atoms with E-state index in [0.29, 0.717) is 28.6 Å². The van der Waals surface area contributed by atoms with E-state index >= 15 is 0 Å². The van der Waals surface area contributed by atoms with E-state index in [2.05, 4.69) is 39.3 Å². The van der Waals surface area contributed by atoms with Gasteiger partial charge in [0.2, 0.25) is 0 Å². The molecular formula is C20H17F3N6O3. The second kappa shape index (κ2) is 8.96. The molecule has 0 unspecified atom stereocenters. The Labute approximate surface area is 179 Å². The van der Waals surface area contributed by atoms with Crippen molar-refractivity contribution in [1.82, 2.24) is 19.7 Å². The third-order valence-electron chi connectivity index (χ3n) is 4.24. The van der Waals surface area contributed by atoms with Gasteiger partial charge in [-0.25, -0.2) is 14.8 Å². The standard InChI is InChI=1S/C18H16N6O.C2HF3O2/c1-11(2)24-10-20-23-17(24)14-7-4-8-15(22-14)21-13-6-3-5-12-9-19-18(25)16(12)13;3-2(4,5)1(6)7/h3-11H,1-2H3,(H,21,22);(H,6,7). The van der Waals surface area contributed by atoms with Crippen LogP contribution in [0, 0.1) is 0 Å². The smallest absolute Gasteiger partial charge is 0.475 e. The van der Waals surface area contributed by atoms with Gasteiger partial charge in [0.1, 0.15) is 17.8 Å². The highest BCUT2D eigenvalue weighted by Crippen LogP contribution is 2.27. The molecule has 0 saturated heterocycles. The minimum atomic E-state index is -5.08. The van der Waals surface area contributed by atoms with Gasteiger partial charge in [-0.3, -0.25) is 4.79 Å². The molecule has 0 atom stereocenters. The van der Waals surface area contributed by atoms with Crippen molar-refractivity contribution < 1.29 is 27.9 Å². The zero-order chi connectivity index (χ0) is 23.5. The molecule has 0 bridgehead atoms. The average molecular weight is 446 g/mol. The minimum absolute atomic E-state index is 0.232. The Morgan fingerprint density at radius 3 is 2.50 bits per heavy atom. The van der Waals surface area contributed by atoms with Crippen molar-refractivity contribution in [1.29, 1.82) is 0 Å². The Morgan fingerprint density at radius 2 is 1.84 bits per heavy atom. The van der Waals surface area contributed by atoms with Crippen LogP contribution < -0.4 is 5.32 Å². The molecule has 3 heterocycles. The van der Waals surface area contributed by atoms with Gasteiger partial charge in [0, 0.05) is 17.8 Å². The van der Waals surface area contributed by atoms with E-state index < -0.39 is 12.1 Å². The summed E-state index contributed by atoms with van der Waals surface area (Å²) in [4.78, 5) is 29.3. The number of amides is 1. The second-order valence-corrected chi connectivity index (χ2v) is 6.82. The summed E-state index contributed by atoms with van der Waals surface area (Å²) in [5.74, 6) is -1.67. The molecule has 9 nitrogen and oxygen atoms in total. The third kappa shape index (κ3) is 4.96. The van der Waals surface area contributed by atoms with E-state index in [1.165, 1.54) is 0 Å². The highest BCUT2D eigenvalue weighted by atomic mass is 19.4. The molecule has 3 aromatic rings. The van der Waals surface area contributed by atoms with Gasteiger partial charge in [0.25, 0.3) is 5.91 Å². The molecule has 0 saturated carbocycles. The van der Waals surface area contributed by atoms with Crippen LogP contribution in [0.25, 0.3) is 11.5 Å². The molecule has 12 heteroatoms. The van der Waals surface area contributed by atoms with Crippen molar-refractivity contribution in [3.8, 4) is 11.5 Å². The summed E-state index contributed by atoms with van der Waals surface area (Å²) in [7, 11) is 0. The second-order valence-electron chi connectivity index (χ2n) is 6.82. The number of fused-ring (bicyclic) bond motifs is 1. The number of benzene rings is 1. The molecule has 1 aliphatic rings. The first-order valence-electron chi connectivity index (χ1n) is 9.23. The molecule has 4 rings (SSSR count). The van der Waals surface area contributed by atoms with Crippen LogP contribution in [0.1, 0.15) is 35.8 Å². The van der Waals surface area contributed by atoms with Gasteiger partial charge >= 0.3 is 12.1 Å². The lowest BCUT2D eigenvalue weighted by molar-refractivity contribution is -0.192. The van der Waals surface area contributed by atoms with Crippen LogP contribution in [0.3, 0.4) is 0 Å². The lowest BCUT2D eigenvalue weighted by atomic mass is 10.1. The average Bonchev–Trinajstić information content (AvgIpc) is 3.36. The molecule has 0 aliphatic carbocycles. The Balaban J connectivity index is 0.000000360. The number of anilines is 2. The van der Waals surface area contributed by atoms with Gasteiger partial charge in [-0.2, -0.15) is 13.2 Å². The number of carbonyl (C=O) groups is 2. The first-order chi connectivity index (χ1) is 15.1. The van der Waals surface area contributed by atoms with Crippen LogP contribution >= 0.6 is 0 Å². The fraction of sp³-hybridized carbons (Fsp3) is 0.200. The van der Waals surface area contributed by atoms with Crippen molar-refractivity contribution >= 4 is 29.6 Å². The summed E-state index contributed by atoms with van der Waals surface area (Å²) >= 11 is 0. The van der Waals surface area contributed by atoms with E-state index in [4.69, 9.17) is 9.90 Å². The summed E-state index contributed by atoms with van der Waals surface area (Å²) in [6.07, 6.45) is -1.81. The SMILES string of the molecule is CC(C)n1cnnc1-c1cccc(Nc2cccc3c2C(=O)N=C3)n1.O=C(O)C(F)(F)F. The van der Waals surface area contributed by atoms with Crippen molar-refractivity contribution in [2.45, 2.75) is 26.1 Å². The summed E-state index contributed by atoms with van der Waals surface area (Å²) in [6.45, 7) is 4.13. The number of aromatic nitrogens is 4. The summed E-state index contributed by atoms with van der Waals surface area (Å²) in [6, 6.07) is 11.4. The van der Waals surface area contributed by atoms with Gasteiger partial charge in [-0.1, -0.05) is 18.2 Å². The fourth-order valence-electron chi connectivity index (χ4n) is 2.78. The zero-order valence-corrected chi connectivity index (χ0v) is 16.8. The van der Waals surface area contributed by atoms with Gasteiger partial charge in [-0.15, -0.1) is 10.2 Å². The summed E-state index contributed by atoms with van der Waals surface area (Å²) in [5.41, 5.74) is 2.78. The Morgan fingerprint density at radius 1 is 1.16 bits per heavy atom. The third-order valence-corrected chi connectivity index (χ3v) is 4.24. The molecule has 1 aliphatic heterocycles. The molecule has 2 N–H and O–H groups in total. The summed E-state index contributed by atoms with van der Waals surface area (Å²) in [5, 5.41) is 18.5. The molecule has 1 amide bonds. The lowest BCUT2D eigenvalue weighted by Gasteiger charge is -2.12. The van der Waals surface area contributed by atoms with E-state index in [1.54, 1.807) is 12.5 Å². The van der Waals surface area contributed by atoms with Crippen LogP contribution in [0.5, 0.6) is 0 Å². The molecule has 166 valence electrons. The number of rotatable bonds is 4. The van der Waals surface area contributed by atoms with Crippen molar-refractivity contribution in [2.24, 2.45) is 4.99 Å². The number of carboxylic acid groups (broad SMARTS) is 1. The largest absolute Gasteiger partial charge is 0.490 e. The molecule has 32 heavy (non-hydrogen) atoms. The van der Waals surface area contributed by atoms with Gasteiger partial charge in [0.15, 0.2) is 5.82 Å². The van der Waals surface area contributed by atoms with Crippen LogP contribution in [0.4, 0.5) is 24.7 Å². The number of alkyl halides is 3. The molecular weight excluding hydrogens is 429 g/mol. The number of nitrogens with one attached hydrogen (secondary N) is 1. The maximum absolute atomic E-state index is 12.0. The highest BCUT2D eigenvalue weighted by molar-refractivity contribution is 6.16. The number of hydrogen-bond donors (Lipinski definition) is 2. The number of carbonyl (C=O) groups excluding carboxylic acids is 1. The van der Waals surface area contributed by atoms with Crippen LogP contribution in [-0.2, 0) is 4.79 Å². The van der Waals surface area contributed by atoms with E-state index in [-0.39, 0.29) is 11.9 Å². The van der Waals surface area contributed by atoms with E-state index in [1.807, 2.05) is 41.0 Å². The van der Waals surface area contributed by atoms with Gasteiger partial charge in [-0.05, 0) is 32.0 Å². The maximum Gasteiger partial charge on any atom is 0.490 e. The number of aliphatic carboxylic acids is 1. The Hall–Kier alpha value is -4.09. The minimum Gasteiger partial charge on any atom is -0.475 e. The van der Waals surface area contributed by atoms with Crippen LogP contribution in [0.15, 0.2) is 47.7 Å². The van der Waals surface area contributed by atoms with Crippen LogP contribution in [-0.4, -0.2) is 49.1 Å². The monoisotopic (exact) mass is 446 g/mol. The highest BCUT2D eigenvalue weighted by Gasteiger charge is 2.38. The summed E-state index contributed by atoms with van der Waals surface area (Å²) < 4.78 is 33.7. The number of nitrogens with zero attached hydrogens (tertiary/aromatic N) is 5. The van der Waals surface area contributed by atoms with E-state index in [9.17, 15) is 18.0 Å². The van der Waals surface area contributed by atoms with Gasteiger partial charge in [0.05, 0.1) is 11.3 Å². The Kier molecular flexibility index (Phi) is 6.32. The van der Waals surface area contributed by atoms with E-state index in [0.717, 1.165) is 5.56 Å². The van der Waals surface area contributed by atoms with Crippen molar-refractivity contribution in [3.05, 3.63) is 53.9 Å². The normalized spacial score (nSPS) is 12.4. The lowest BCUT2D eigenvalue weighted by Crippen LogP contribution is -2.21. The molecule has 0 radical (unpaired) electrons. The predicted octanol–water partition coefficient (Wildman–Crippen LogP) is 3.87. The van der Waals surface area contributed by atoms with Crippen molar-refractivity contribution in [3.63, 3.8) is 0 Å². The number of halogens is 3. The first kappa shape index (κ1) is 22.6. The number of hydrogen-bond acceptors (Lipinski definition) is 6. The number of pyridine rings is 1. The number of aliphatic imine (C=N–C) groups is 1. The maximum atomic E-state index is 12.0. The molecule has 2 aromatic heterocycles. The quantitative estimate of drug-likeness (QED) is 0.624. The number of carboxylic acids is 1. The van der Waals surface area contributed by atoms with Crippen LogP contribution in [0.2, 0.25) is 0 Å². The van der Waals surface area contributed by atoms with Crippen molar-refractivity contribution in [2.75, 3.05) is 5.32 Å². The fourth-order valence-corrected chi connectivity index (χ4v) is 2.78. The molecule has 0 fully saturated rings. The van der Waals surface area contributed by atoms with Gasteiger partial charge < -0.3 is 15.0 Å².